The Balaban J connectivity index is 3.51. The number of benzene rings is 1. The Bertz CT molecular complexity index is 885. The Labute approximate surface area is 161 Å². The first-order chi connectivity index (χ1) is 12.9. The molecule has 29 heavy (non-hydrogen) atoms. The van der Waals surface area contributed by atoms with Crippen LogP contribution >= 0.6 is 0 Å². The lowest BCUT2D eigenvalue weighted by atomic mass is 9.94. The first kappa shape index (κ1) is 24.8. The number of halogens is 6. The molecule has 0 aliphatic heterocycles. The van der Waals surface area contributed by atoms with Gasteiger partial charge in [-0.15, -0.1) is 0 Å². The van der Waals surface area contributed by atoms with Crippen molar-refractivity contribution in [3.05, 3.63) is 29.3 Å². The molecule has 0 unspecified atom stereocenters. The molecule has 7 nitrogen and oxygen atoms in total. The molecule has 0 saturated carbocycles. The van der Waals surface area contributed by atoms with Gasteiger partial charge in [0.1, 0.15) is 5.75 Å². The molecule has 0 aliphatic rings. The Kier molecular flexibility index (Phi) is 7.02. The van der Waals surface area contributed by atoms with E-state index < -0.39 is 51.3 Å². The summed E-state index contributed by atoms with van der Waals surface area (Å²) in [6, 6.07) is 2.51. The van der Waals surface area contributed by atoms with E-state index in [2.05, 4.69) is 10.1 Å². The Hall–Kier alpha value is -2.29. The van der Waals surface area contributed by atoms with E-state index in [1.807, 2.05) is 0 Å². The topological polar surface area (TPSA) is 110 Å². The maximum Gasteiger partial charge on any atom is 0.438 e. The van der Waals surface area contributed by atoms with Gasteiger partial charge in [0.05, 0.1) is 13.4 Å². The second kappa shape index (κ2) is 8.22. The van der Waals surface area contributed by atoms with Crippen molar-refractivity contribution < 1.29 is 53.6 Å². The summed E-state index contributed by atoms with van der Waals surface area (Å²) >= 11 is 0. The molecule has 1 rings (SSSR count). The molecule has 1 amide bonds. The maximum atomic E-state index is 13.2. The molecule has 0 saturated heterocycles. The molecule has 15 heteroatoms. The van der Waals surface area contributed by atoms with Crippen molar-refractivity contribution in [3.63, 3.8) is 0 Å². The van der Waals surface area contributed by atoms with Gasteiger partial charge < -0.3 is 10.1 Å². The van der Waals surface area contributed by atoms with Gasteiger partial charge in [0.25, 0.3) is 10.1 Å². The maximum absolute atomic E-state index is 13.2. The fourth-order valence-corrected chi connectivity index (χ4v) is 3.03. The monoisotopic (exact) mass is 447 g/mol. The predicted octanol–water partition coefficient (Wildman–Crippen LogP) is 2.22. The predicted molar refractivity (Wildman–Crippen MR) is 86.9 cm³/mol. The number of carbonyl (C=O) groups is 2. The molecular formula is C14H12BF6NO6S. The highest BCUT2D eigenvalue weighted by Gasteiger charge is 2.76. The van der Waals surface area contributed by atoms with E-state index in [9.17, 15) is 44.3 Å². The molecule has 160 valence electrons. The number of amides is 1. The lowest BCUT2D eigenvalue weighted by Crippen LogP contribution is -2.63. The molecule has 0 aliphatic carbocycles. The van der Waals surface area contributed by atoms with E-state index >= 15 is 0 Å². The van der Waals surface area contributed by atoms with Gasteiger partial charge in [-0.25, -0.2) is 4.79 Å². The molecular weight excluding hydrogens is 435 g/mol. The Morgan fingerprint density at radius 3 is 2.03 bits per heavy atom. The molecule has 0 atom stereocenters. The van der Waals surface area contributed by atoms with Gasteiger partial charge in [0.2, 0.25) is 5.91 Å². The fourth-order valence-electron chi connectivity index (χ4n) is 2.13. The van der Waals surface area contributed by atoms with Crippen molar-refractivity contribution in [2.24, 2.45) is 0 Å². The number of alkyl halides is 6. The van der Waals surface area contributed by atoms with Crippen LogP contribution < -0.4 is 5.32 Å². The first-order valence-corrected chi connectivity index (χ1v) is 8.97. The van der Waals surface area contributed by atoms with Gasteiger partial charge in [0.15, 0.2) is 0 Å². The summed E-state index contributed by atoms with van der Waals surface area (Å²) in [5.74, 6) is -5.90. The van der Waals surface area contributed by atoms with Crippen LogP contribution in [0.15, 0.2) is 18.2 Å². The number of carbonyl (C=O) groups excluding carboxylic acids is 2. The van der Waals surface area contributed by atoms with Crippen molar-refractivity contribution in [1.29, 1.82) is 0 Å². The van der Waals surface area contributed by atoms with Crippen LogP contribution in [0.2, 0.25) is 0 Å². The second-order valence-corrected chi connectivity index (χ2v) is 7.15. The number of rotatable bonds is 6. The van der Waals surface area contributed by atoms with Crippen LogP contribution in [0.4, 0.5) is 32.0 Å². The quantitative estimate of drug-likeness (QED) is 0.300. The van der Waals surface area contributed by atoms with E-state index in [-0.39, 0.29) is 17.6 Å². The number of ether oxygens (including phenoxy) is 1. The first-order valence-electron chi connectivity index (χ1n) is 7.36. The smallest absolute Gasteiger partial charge is 0.435 e. The van der Waals surface area contributed by atoms with E-state index in [0.717, 1.165) is 19.1 Å². The zero-order chi connectivity index (χ0) is 22.8. The molecule has 1 aromatic carbocycles. The van der Waals surface area contributed by atoms with Gasteiger partial charge >= 0.3 is 23.9 Å². The minimum absolute atomic E-state index is 0.186. The normalized spacial score (nSPS) is 13.1. The third-order valence-electron chi connectivity index (χ3n) is 3.44. The Morgan fingerprint density at radius 2 is 1.66 bits per heavy atom. The molecule has 1 aromatic rings. The van der Waals surface area contributed by atoms with Crippen molar-refractivity contribution in [3.8, 4) is 0 Å². The summed E-state index contributed by atoms with van der Waals surface area (Å²) in [6.45, 7) is 1.04. The van der Waals surface area contributed by atoms with Crippen LogP contribution in [0.3, 0.4) is 0 Å². The van der Waals surface area contributed by atoms with Gasteiger partial charge in [-0.3, -0.25) is 9.35 Å². The van der Waals surface area contributed by atoms with Crippen LogP contribution in [-0.2, 0) is 26.0 Å². The zero-order valence-corrected chi connectivity index (χ0v) is 15.2. The molecule has 2 radical (unpaired) electrons. The molecule has 0 heterocycles. The van der Waals surface area contributed by atoms with E-state index in [1.165, 1.54) is 0 Å². The van der Waals surface area contributed by atoms with Crippen molar-refractivity contribution in [2.75, 3.05) is 11.1 Å². The van der Waals surface area contributed by atoms with Gasteiger partial charge in [-0.05, 0) is 17.7 Å². The lowest BCUT2D eigenvalue weighted by Gasteiger charge is -2.35. The Morgan fingerprint density at radius 1 is 1.14 bits per heavy atom. The van der Waals surface area contributed by atoms with E-state index in [4.69, 9.17) is 12.4 Å². The van der Waals surface area contributed by atoms with E-state index in [1.54, 1.807) is 0 Å². The summed E-state index contributed by atoms with van der Waals surface area (Å²) in [7, 11) is -0.523. The molecule has 0 bridgehead atoms. The average Bonchev–Trinajstić information content (AvgIpc) is 2.50. The van der Waals surface area contributed by atoms with Gasteiger partial charge in [-0.1, -0.05) is 12.4 Å². The largest absolute Gasteiger partial charge is 0.438 e. The van der Waals surface area contributed by atoms with Crippen LogP contribution in [0.25, 0.3) is 0 Å². The standard InChI is InChI=1S/C14H12BF6NO6S/c1-7(23)22-10-4-8(2-3-9(10)5-15)11(24)28-12(13(16,17)18,14(19,20)21)6-29(25,26)27/h2-4H,5-6H2,1H3,(H,22,23)(H,25,26,27). The third kappa shape index (κ3) is 5.85. The van der Waals surface area contributed by atoms with Gasteiger partial charge in [0, 0.05) is 12.6 Å². The summed E-state index contributed by atoms with van der Waals surface area (Å²) in [4.78, 5) is 23.2. The van der Waals surface area contributed by atoms with Crippen molar-refractivity contribution in [1.82, 2.24) is 0 Å². The highest BCUT2D eigenvalue weighted by molar-refractivity contribution is 7.85. The summed E-state index contributed by atoms with van der Waals surface area (Å²) < 4.78 is 113. The number of hydrogen-bond donors (Lipinski definition) is 2. The van der Waals surface area contributed by atoms with Crippen LogP contribution in [0.5, 0.6) is 0 Å². The zero-order valence-electron chi connectivity index (χ0n) is 14.4. The van der Waals surface area contributed by atoms with Crippen LogP contribution in [0.1, 0.15) is 22.8 Å². The SMILES string of the molecule is [B]Cc1ccc(C(=O)OC(CS(=O)(=O)O)(C(F)(F)F)C(F)(F)F)cc1NC(C)=O. The lowest BCUT2D eigenvalue weighted by molar-refractivity contribution is -0.356. The summed E-state index contributed by atoms with van der Waals surface area (Å²) in [6.07, 6.45) is -13.1. The van der Waals surface area contributed by atoms with Crippen LogP contribution in [0, 0.1) is 0 Å². The minimum Gasteiger partial charge on any atom is -0.435 e. The van der Waals surface area contributed by atoms with Gasteiger partial charge in [-0.2, -0.15) is 34.8 Å². The van der Waals surface area contributed by atoms with Crippen molar-refractivity contribution >= 4 is 35.5 Å². The molecule has 0 fully saturated rings. The fraction of sp³-hybridized carbons (Fsp3) is 0.429. The summed E-state index contributed by atoms with van der Waals surface area (Å²) in [5.41, 5.74) is -6.41. The van der Waals surface area contributed by atoms with Crippen molar-refractivity contribution in [2.45, 2.75) is 31.2 Å². The molecule has 0 aromatic heterocycles. The number of esters is 1. The van der Waals surface area contributed by atoms with Crippen LogP contribution in [-0.4, -0.2) is 56.4 Å². The average molecular weight is 447 g/mol. The molecule has 2 N–H and O–H groups in total. The number of hydrogen-bond acceptors (Lipinski definition) is 5. The molecule has 0 spiro atoms. The number of anilines is 1. The highest BCUT2D eigenvalue weighted by atomic mass is 32.2. The summed E-state index contributed by atoms with van der Waals surface area (Å²) in [5, 5.41) is 2.17. The third-order valence-corrected chi connectivity index (χ3v) is 4.22. The number of nitrogens with one attached hydrogen (secondary N) is 1. The highest BCUT2D eigenvalue weighted by Crippen LogP contribution is 2.47. The minimum atomic E-state index is -6.45. The second-order valence-electron chi connectivity index (χ2n) is 5.70. The van der Waals surface area contributed by atoms with E-state index in [0.29, 0.717) is 6.07 Å².